The second-order valence-corrected chi connectivity index (χ2v) is 5.95. The number of nitrogens with two attached hydrogens (primary N) is 1. The molecule has 0 aromatic rings. The van der Waals surface area contributed by atoms with Crippen molar-refractivity contribution in [3.63, 3.8) is 0 Å². The molecule has 0 heterocycles. The van der Waals surface area contributed by atoms with Crippen LogP contribution in [0.5, 0.6) is 0 Å². The normalized spacial score (nSPS) is 42.0. The SMILES string of the molecule is CSCCCC1(CN)CC2CC2C1. The fraction of sp³-hybridized carbons (Fsp3) is 1.00. The Hall–Kier alpha value is 0.310. The Labute approximate surface area is 85.8 Å². The van der Waals surface area contributed by atoms with Gasteiger partial charge in [0.2, 0.25) is 0 Å². The first-order chi connectivity index (χ1) is 6.29. The van der Waals surface area contributed by atoms with Crippen molar-refractivity contribution in [1.82, 2.24) is 0 Å². The number of rotatable bonds is 5. The van der Waals surface area contributed by atoms with Crippen LogP contribution in [0.4, 0.5) is 0 Å². The maximum absolute atomic E-state index is 5.93. The molecule has 2 aliphatic rings. The van der Waals surface area contributed by atoms with Crippen molar-refractivity contribution in [2.75, 3.05) is 18.6 Å². The van der Waals surface area contributed by atoms with Gasteiger partial charge in [-0.25, -0.2) is 0 Å². The van der Waals surface area contributed by atoms with Gasteiger partial charge in [0.1, 0.15) is 0 Å². The van der Waals surface area contributed by atoms with Crippen LogP contribution in [0.3, 0.4) is 0 Å². The summed E-state index contributed by atoms with van der Waals surface area (Å²) in [5.74, 6) is 3.48. The zero-order valence-corrected chi connectivity index (χ0v) is 9.41. The lowest BCUT2D eigenvalue weighted by Gasteiger charge is -2.29. The van der Waals surface area contributed by atoms with E-state index < -0.39 is 0 Å². The molecule has 0 aromatic carbocycles. The standard InChI is InChI=1S/C11H21NS/c1-13-4-2-3-11(8-12)6-9-5-10(9)7-11/h9-10H,2-8,12H2,1H3. The van der Waals surface area contributed by atoms with E-state index in [-0.39, 0.29) is 0 Å². The Morgan fingerprint density at radius 3 is 2.62 bits per heavy atom. The lowest BCUT2D eigenvalue weighted by molar-refractivity contribution is 0.251. The van der Waals surface area contributed by atoms with Crippen LogP contribution in [0.1, 0.15) is 32.1 Å². The first kappa shape index (κ1) is 9.85. The van der Waals surface area contributed by atoms with Crippen LogP contribution < -0.4 is 5.73 Å². The molecule has 0 bridgehead atoms. The lowest BCUT2D eigenvalue weighted by Crippen LogP contribution is -2.29. The van der Waals surface area contributed by atoms with Crippen molar-refractivity contribution >= 4 is 11.8 Å². The van der Waals surface area contributed by atoms with Crippen LogP contribution in [0.2, 0.25) is 0 Å². The number of fused-ring (bicyclic) bond motifs is 1. The molecule has 2 saturated carbocycles. The summed E-state index contributed by atoms with van der Waals surface area (Å²) in [5.41, 5.74) is 6.50. The molecule has 0 spiro atoms. The minimum absolute atomic E-state index is 0.573. The van der Waals surface area contributed by atoms with Gasteiger partial charge in [-0.15, -0.1) is 0 Å². The zero-order chi connectivity index (χ0) is 9.31. The molecule has 1 nitrogen and oxygen atoms in total. The molecular weight excluding hydrogens is 178 g/mol. The van der Waals surface area contributed by atoms with Crippen molar-refractivity contribution < 1.29 is 0 Å². The highest BCUT2D eigenvalue weighted by molar-refractivity contribution is 7.98. The van der Waals surface area contributed by atoms with Crippen LogP contribution in [0.25, 0.3) is 0 Å². The Morgan fingerprint density at radius 1 is 1.38 bits per heavy atom. The Balaban J connectivity index is 1.78. The molecule has 2 N–H and O–H groups in total. The highest BCUT2D eigenvalue weighted by Gasteiger charge is 2.52. The van der Waals surface area contributed by atoms with Gasteiger partial charge in [0.25, 0.3) is 0 Å². The maximum atomic E-state index is 5.93. The van der Waals surface area contributed by atoms with Gasteiger partial charge in [-0.3, -0.25) is 0 Å². The van der Waals surface area contributed by atoms with E-state index in [2.05, 4.69) is 6.26 Å². The van der Waals surface area contributed by atoms with Crippen LogP contribution in [0.15, 0.2) is 0 Å². The van der Waals surface area contributed by atoms with Crippen molar-refractivity contribution in [2.45, 2.75) is 32.1 Å². The third kappa shape index (κ3) is 2.04. The lowest BCUT2D eigenvalue weighted by atomic mass is 9.79. The van der Waals surface area contributed by atoms with Crippen LogP contribution in [0, 0.1) is 17.3 Å². The summed E-state index contributed by atoms with van der Waals surface area (Å²) in [5, 5.41) is 0. The average Bonchev–Trinajstić information content (AvgIpc) is 2.76. The van der Waals surface area contributed by atoms with Crippen LogP contribution in [-0.2, 0) is 0 Å². The number of thioether (sulfide) groups is 1. The minimum Gasteiger partial charge on any atom is -0.330 e. The van der Waals surface area contributed by atoms with E-state index in [0.29, 0.717) is 5.41 Å². The molecule has 2 heteroatoms. The smallest absolute Gasteiger partial charge is 0.00203 e. The molecule has 0 aliphatic heterocycles. The first-order valence-electron chi connectivity index (χ1n) is 5.49. The van der Waals surface area contributed by atoms with Gasteiger partial charge < -0.3 is 5.73 Å². The molecule has 2 unspecified atom stereocenters. The third-order valence-corrected chi connectivity index (χ3v) is 4.64. The summed E-state index contributed by atoms with van der Waals surface area (Å²) in [6, 6.07) is 0. The van der Waals surface area contributed by atoms with Gasteiger partial charge in [-0.1, -0.05) is 0 Å². The average molecular weight is 199 g/mol. The molecule has 2 atom stereocenters. The summed E-state index contributed by atoms with van der Waals surface area (Å²) in [6.45, 7) is 0.939. The Kier molecular flexibility index (Phi) is 2.89. The molecule has 13 heavy (non-hydrogen) atoms. The van der Waals surface area contributed by atoms with Gasteiger partial charge in [-0.2, -0.15) is 11.8 Å². The second-order valence-electron chi connectivity index (χ2n) is 4.96. The summed E-state index contributed by atoms with van der Waals surface area (Å²) in [4.78, 5) is 0. The largest absolute Gasteiger partial charge is 0.330 e. The fourth-order valence-corrected chi connectivity index (χ4v) is 3.50. The molecule has 2 rings (SSSR count). The van der Waals surface area contributed by atoms with Gasteiger partial charge in [-0.05, 0) is 67.9 Å². The topological polar surface area (TPSA) is 26.0 Å². The summed E-state index contributed by atoms with van der Waals surface area (Å²) in [7, 11) is 0. The maximum Gasteiger partial charge on any atom is -0.00203 e. The molecule has 0 saturated heterocycles. The van der Waals surface area contributed by atoms with E-state index in [4.69, 9.17) is 5.73 Å². The molecule has 2 aliphatic carbocycles. The highest BCUT2D eigenvalue weighted by atomic mass is 32.2. The van der Waals surface area contributed by atoms with Gasteiger partial charge in [0.15, 0.2) is 0 Å². The molecular formula is C11H21NS. The van der Waals surface area contributed by atoms with E-state index in [1.165, 1.54) is 37.9 Å². The van der Waals surface area contributed by atoms with Crippen molar-refractivity contribution in [1.29, 1.82) is 0 Å². The van der Waals surface area contributed by atoms with Crippen molar-refractivity contribution in [2.24, 2.45) is 23.0 Å². The van der Waals surface area contributed by atoms with E-state index in [1.54, 1.807) is 0 Å². The van der Waals surface area contributed by atoms with Crippen LogP contribution >= 0.6 is 11.8 Å². The van der Waals surface area contributed by atoms with Crippen LogP contribution in [-0.4, -0.2) is 18.6 Å². The first-order valence-corrected chi connectivity index (χ1v) is 6.88. The molecule has 2 fully saturated rings. The van der Waals surface area contributed by atoms with E-state index in [9.17, 15) is 0 Å². The molecule has 76 valence electrons. The third-order valence-electron chi connectivity index (χ3n) is 3.95. The molecule has 0 amide bonds. The van der Waals surface area contributed by atoms with Crippen molar-refractivity contribution in [3.05, 3.63) is 0 Å². The monoisotopic (exact) mass is 199 g/mol. The number of hydrogen-bond acceptors (Lipinski definition) is 2. The molecule has 0 aromatic heterocycles. The minimum atomic E-state index is 0.573. The Bertz CT molecular complexity index is 171. The fourth-order valence-electron chi connectivity index (χ4n) is 3.07. The zero-order valence-electron chi connectivity index (χ0n) is 8.59. The molecule has 0 radical (unpaired) electrons. The summed E-state index contributed by atoms with van der Waals surface area (Å²) >= 11 is 1.97. The van der Waals surface area contributed by atoms with Crippen molar-refractivity contribution in [3.8, 4) is 0 Å². The summed E-state index contributed by atoms with van der Waals surface area (Å²) in [6.07, 6.45) is 9.37. The van der Waals surface area contributed by atoms with E-state index in [0.717, 1.165) is 18.4 Å². The number of hydrogen-bond donors (Lipinski definition) is 1. The van der Waals surface area contributed by atoms with Gasteiger partial charge in [0.05, 0.1) is 0 Å². The van der Waals surface area contributed by atoms with Gasteiger partial charge in [0, 0.05) is 0 Å². The highest BCUT2D eigenvalue weighted by Crippen LogP contribution is 2.60. The van der Waals surface area contributed by atoms with Gasteiger partial charge >= 0.3 is 0 Å². The van der Waals surface area contributed by atoms with E-state index >= 15 is 0 Å². The predicted molar refractivity (Wildman–Crippen MR) is 59.9 cm³/mol. The van der Waals surface area contributed by atoms with E-state index in [1.807, 2.05) is 11.8 Å². The second kappa shape index (κ2) is 3.82. The quantitative estimate of drug-likeness (QED) is 0.689. The predicted octanol–water partition coefficient (Wildman–Crippen LogP) is 2.50. The summed E-state index contributed by atoms with van der Waals surface area (Å²) < 4.78 is 0. The Morgan fingerprint density at radius 2 is 2.08 bits per heavy atom.